The molecule has 104 valence electrons. The van der Waals surface area contributed by atoms with E-state index in [-0.39, 0.29) is 12.2 Å². The van der Waals surface area contributed by atoms with Crippen LogP contribution in [0.1, 0.15) is 28.6 Å². The molecule has 2 rings (SSSR count). The van der Waals surface area contributed by atoms with Crippen LogP contribution in [-0.4, -0.2) is 11.9 Å². The summed E-state index contributed by atoms with van der Waals surface area (Å²) in [6.45, 7) is 0. The molecule has 0 aliphatic carbocycles. The molecule has 0 spiro atoms. The third-order valence-electron chi connectivity index (χ3n) is 2.69. The predicted molar refractivity (Wildman–Crippen MR) is 70.0 cm³/mol. The second kappa shape index (κ2) is 6.25. The van der Waals surface area contributed by atoms with Crippen LogP contribution < -0.4 is 10.4 Å². The van der Waals surface area contributed by atoms with Crippen molar-refractivity contribution in [3.05, 3.63) is 59.0 Å². The quantitative estimate of drug-likeness (QED) is 0.906. The summed E-state index contributed by atoms with van der Waals surface area (Å²) in [7, 11) is 0. The molecule has 0 saturated heterocycles. The molecule has 2 aromatic rings. The Balaban J connectivity index is 2.17. The van der Waals surface area contributed by atoms with Crippen molar-refractivity contribution in [1.29, 1.82) is 0 Å². The van der Waals surface area contributed by atoms with Gasteiger partial charge in [0.15, 0.2) is 5.76 Å². The maximum absolute atomic E-state index is 11.9. The van der Waals surface area contributed by atoms with Gasteiger partial charge in [-0.15, -0.1) is 0 Å². The van der Waals surface area contributed by atoms with Crippen molar-refractivity contribution in [2.75, 3.05) is 0 Å². The second-order valence-electron chi connectivity index (χ2n) is 4.13. The number of furan rings is 1. The van der Waals surface area contributed by atoms with E-state index >= 15 is 0 Å². The van der Waals surface area contributed by atoms with Crippen LogP contribution in [0, 0.1) is 0 Å². The number of hydrogen-bond donors (Lipinski definition) is 1. The van der Waals surface area contributed by atoms with Gasteiger partial charge in [0.1, 0.15) is 0 Å². The summed E-state index contributed by atoms with van der Waals surface area (Å²) in [6.07, 6.45) is 1.03. The van der Waals surface area contributed by atoms with Crippen LogP contribution in [0.4, 0.5) is 0 Å². The van der Waals surface area contributed by atoms with Crippen LogP contribution in [0.5, 0.6) is 0 Å². The van der Waals surface area contributed by atoms with Crippen molar-refractivity contribution in [3.8, 4) is 0 Å². The molecule has 0 saturated carbocycles. The van der Waals surface area contributed by atoms with E-state index in [1.54, 1.807) is 30.3 Å². The molecule has 0 aliphatic rings. The van der Waals surface area contributed by atoms with E-state index in [2.05, 4.69) is 5.32 Å². The molecule has 0 aliphatic heterocycles. The molecule has 0 radical (unpaired) electrons. The molecule has 0 fully saturated rings. The van der Waals surface area contributed by atoms with E-state index in [0.29, 0.717) is 10.6 Å². The zero-order chi connectivity index (χ0) is 14.5. The first-order valence-corrected chi connectivity index (χ1v) is 6.24. The van der Waals surface area contributed by atoms with E-state index in [0.717, 1.165) is 0 Å². The molecule has 0 unspecified atom stereocenters. The molecule has 6 heteroatoms. The molecule has 0 bridgehead atoms. The Morgan fingerprint density at radius 3 is 2.50 bits per heavy atom. The molecule has 1 amide bonds. The highest BCUT2D eigenvalue weighted by Gasteiger charge is 2.17. The lowest BCUT2D eigenvalue weighted by molar-refractivity contribution is -0.306. The average Bonchev–Trinajstić information content (AvgIpc) is 2.92. The molecule has 1 aromatic carbocycles. The lowest BCUT2D eigenvalue weighted by atomic mass is 10.0. The Labute approximate surface area is 120 Å². The number of carbonyl (C=O) groups excluding carboxylic acids is 2. The molecule has 1 heterocycles. The molecule has 1 N–H and O–H groups in total. The zero-order valence-corrected chi connectivity index (χ0v) is 11.1. The minimum absolute atomic E-state index is 0.113. The lowest BCUT2D eigenvalue weighted by Gasteiger charge is -2.19. The van der Waals surface area contributed by atoms with Gasteiger partial charge in [-0.05, 0) is 29.8 Å². The third kappa shape index (κ3) is 3.61. The van der Waals surface area contributed by atoms with Crippen LogP contribution in [-0.2, 0) is 4.79 Å². The smallest absolute Gasteiger partial charge is 0.287 e. The Hall–Kier alpha value is -2.27. The molecular formula is C14H11ClNO4-. The van der Waals surface area contributed by atoms with E-state index in [1.165, 1.54) is 12.3 Å². The molecule has 1 aromatic heterocycles. The summed E-state index contributed by atoms with van der Waals surface area (Å²) in [5, 5.41) is 13.9. The van der Waals surface area contributed by atoms with E-state index in [1.807, 2.05) is 0 Å². The fourth-order valence-electron chi connectivity index (χ4n) is 1.75. The molecule has 20 heavy (non-hydrogen) atoms. The van der Waals surface area contributed by atoms with Crippen LogP contribution >= 0.6 is 11.6 Å². The van der Waals surface area contributed by atoms with E-state index in [4.69, 9.17) is 16.0 Å². The molecular weight excluding hydrogens is 282 g/mol. The van der Waals surface area contributed by atoms with Crippen molar-refractivity contribution in [2.45, 2.75) is 12.5 Å². The van der Waals surface area contributed by atoms with Crippen LogP contribution in [0.2, 0.25) is 5.02 Å². The van der Waals surface area contributed by atoms with Crippen molar-refractivity contribution in [1.82, 2.24) is 5.32 Å². The Morgan fingerprint density at radius 1 is 1.25 bits per heavy atom. The number of amides is 1. The van der Waals surface area contributed by atoms with Gasteiger partial charge in [-0.1, -0.05) is 23.7 Å². The van der Waals surface area contributed by atoms with Gasteiger partial charge >= 0.3 is 0 Å². The van der Waals surface area contributed by atoms with Crippen LogP contribution in [0.25, 0.3) is 0 Å². The lowest BCUT2D eigenvalue weighted by Crippen LogP contribution is -2.34. The van der Waals surface area contributed by atoms with Gasteiger partial charge in [0.2, 0.25) is 0 Å². The standard InChI is InChI=1S/C14H12ClNO4/c15-10-5-3-9(4-6-10)11(8-13(17)18)16-14(19)12-2-1-7-20-12/h1-7,11H,8H2,(H,16,19)(H,17,18)/p-1/t11-/m1/s1. The highest BCUT2D eigenvalue weighted by Crippen LogP contribution is 2.20. The summed E-state index contributed by atoms with van der Waals surface area (Å²) in [4.78, 5) is 22.7. The summed E-state index contributed by atoms with van der Waals surface area (Å²) in [5.41, 5.74) is 0.624. The van der Waals surface area contributed by atoms with Gasteiger partial charge in [0, 0.05) is 17.4 Å². The Kier molecular flexibility index (Phi) is 4.42. The maximum atomic E-state index is 11.9. The number of carboxylic acid groups (broad SMARTS) is 1. The number of nitrogens with one attached hydrogen (secondary N) is 1. The number of rotatable bonds is 5. The van der Waals surface area contributed by atoms with E-state index in [9.17, 15) is 14.7 Å². The number of halogens is 1. The summed E-state index contributed by atoms with van der Waals surface area (Å²) < 4.78 is 4.96. The normalized spacial score (nSPS) is 11.8. The molecule has 5 nitrogen and oxygen atoms in total. The minimum Gasteiger partial charge on any atom is -0.550 e. The van der Waals surface area contributed by atoms with Gasteiger partial charge in [0.05, 0.1) is 12.3 Å². The largest absolute Gasteiger partial charge is 0.550 e. The topological polar surface area (TPSA) is 82.4 Å². The van der Waals surface area contributed by atoms with Crippen molar-refractivity contribution in [2.24, 2.45) is 0 Å². The van der Waals surface area contributed by atoms with E-state index < -0.39 is 17.9 Å². The zero-order valence-electron chi connectivity index (χ0n) is 10.3. The van der Waals surface area contributed by atoms with Crippen molar-refractivity contribution < 1.29 is 19.1 Å². The number of carboxylic acids is 1. The first kappa shape index (κ1) is 14.1. The van der Waals surface area contributed by atoms with Gasteiger partial charge in [-0.2, -0.15) is 0 Å². The average molecular weight is 293 g/mol. The minimum atomic E-state index is -1.26. The predicted octanol–water partition coefficient (Wildman–Crippen LogP) is 1.54. The number of benzene rings is 1. The third-order valence-corrected chi connectivity index (χ3v) is 2.95. The SMILES string of the molecule is O=C([O-])C[C@@H](NC(=O)c1ccco1)c1ccc(Cl)cc1. The first-order chi connectivity index (χ1) is 9.56. The molecule has 1 atom stereocenters. The number of carbonyl (C=O) groups is 2. The first-order valence-electron chi connectivity index (χ1n) is 5.86. The summed E-state index contributed by atoms with van der Waals surface area (Å²) in [6, 6.07) is 8.90. The van der Waals surface area contributed by atoms with Gasteiger partial charge in [-0.3, -0.25) is 4.79 Å². The summed E-state index contributed by atoms with van der Waals surface area (Å²) >= 11 is 5.78. The van der Waals surface area contributed by atoms with Crippen LogP contribution in [0.3, 0.4) is 0 Å². The number of hydrogen-bond acceptors (Lipinski definition) is 4. The van der Waals surface area contributed by atoms with Gasteiger partial charge in [0.25, 0.3) is 5.91 Å². The van der Waals surface area contributed by atoms with Crippen molar-refractivity contribution in [3.63, 3.8) is 0 Å². The highest BCUT2D eigenvalue weighted by molar-refractivity contribution is 6.30. The Morgan fingerprint density at radius 2 is 1.95 bits per heavy atom. The Bertz CT molecular complexity index is 592. The maximum Gasteiger partial charge on any atom is 0.287 e. The highest BCUT2D eigenvalue weighted by atomic mass is 35.5. The summed E-state index contributed by atoms with van der Waals surface area (Å²) in [5.74, 6) is -1.64. The van der Waals surface area contributed by atoms with Gasteiger partial charge in [-0.25, -0.2) is 0 Å². The fourth-order valence-corrected chi connectivity index (χ4v) is 1.88. The monoisotopic (exact) mass is 292 g/mol. The van der Waals surface area contributed by atoms with Gasteiger partial charge < -0.3 is 19.6 Å². The number of aliphatic carboxylic acids is 1. The van der Waals surface area contributed by atoms with Crippen molar-refractivity contribution >= 4 is 23.5 Å². The van der Waals surface area contributed by atoms with Crippen LogP contribution in [0.15, 0.2) is 47.1 Å². The second-order valence-corrected chi connectivity index (χ2v) is 4.57. The fraction of sp³-hybridized carbons (Fsp3) is 0.143.